The summed E-state index contributed by atoms with van der Waals surface area (Å²) in [6, 6.07) is 0.276. The zero-order valence-electron chi connectivity index (χ0n) is 8.65. The van der Waals surface area contributed by atoms with E-state index >= 15 is 0 Å². The number of aldehydes is 1. The summed E-state index contributed by atoms with van der Waals surface area (Å²) in [5.41, 5.74) is 0.315. The largest absolute Gasteiger partial charge is 0.381 e. The lowest BCUT2D eigenvalue weighted by molar-refractivity contribution is 0.0903. The van der Waals surface area contributed by atoms with Crippen LogP contribution in [0.4, 0.5) is 5.82 Å². The minimum absolute atomic E-state index is 0.180. The van der Waals surface area contributed by atoms with E-state index in [1.807, 2.05) is 0 Å². The van der Waals surface area contributed by atoms with Crippen molar-refractivity contribution in [2.24, 2.45) is 0 Å². The Kier molecular flexibility index (Phi) is 3.69. The number of nitrogens with zero attached hydrogens (tertiary/aromatic N) is 2. The van der Waals surface area contributed by atoms with Gasteiger partial charge in [0.2, 0.25) is 0 Å². The van der Waals surface area contributed by atoms with Gasteiger partial charge in [-0.1, -0.05) is 11.6 Å². The van der Waals surface area contributed by atoms with Gasteiger partial charge in [-0.25, -0.2) is 9.97 Å². The quantitative estimate of drug-likeness (QED) is 0.642. The van der Waals surface area contributed by atoms with E-state index < -0.39 is 0 Å². The van der Waals surface area contributed by atoms with E-state index in [1.165, 1.54) is 6.33 Å². The lowest BCUT2D eigenvalue weighted by Gasteiger charge is -2.24. The Morgan fingerprint density at radius 1 is 1.44 bits per heavy atom. The zero-order chi connectivity index (χ0) is 11.4. The lowest BCUT2D eigenvalue weighted by atomic mass is 10.1. The SMILES string of the molecule is O=Cc1c(Cl)ncnc1NC1CCOCC1. The van der Waals surface area contributed by atoms with Gasteiger partial charge >= 0.3 is 0 Å². The second kappa shape index (κ2) is 5.23. The molecule has 5 nitrogen and oxygen atoms in total. The van der Waals surface area contributed by atoms with E-state index in [2.05, 4.69) is 15.3 Å². The van der Waals surface area contributed by atoms with Crippen molar-refractivity contribution in [3.05, 3.63) is 17.0 Å². The highest BCUT2D eigenvalue weighted by atomic mass is 35.5. The summed E-state index contributed by atoms with van der Waals surface area (Å²) < 4.78 is 5.25. The Labute approximate surface area is 98.2 Å². The van der Waals surface area contributed by atoms with Crippen molar-refractivity contribution in [1.29, 1.82) is 0 Å². The van der Waals surface area contributed by atoms with Crippen LogP contribution in [-0.4, -0.2) is 35.5 Å². The first-order valence-corrected chi connectivity index (χ1v) is 5.49. The van der Waals surface area contributed by atoms with Crippen molar-refractivity contribution >= 4 is 23.7 Å². The highest BCUT2D eigenvalue weighted by Crippen LogP contribution is 2.20. The molecule has 0 aromatic carbocycles. The number of anilines is 1. The molecule has 1 aliphatic rings. The topological polar surface area (TPSA) is 64.1 Å². The summed E-state index contributed by atoms with van der Waals surface area (Å²) in [6.07, 6.45) is 3.82. The fraction of sp³-hybridized carbons (Fsp3) is 0.500. The Hall–Kier alpha value is -1.20. The summed E-state index contributed by atoms with van der Waals surface area (Å²) in [5, 5.41) is 3.37. The van der Waals surface area contributed by atoms with E-state index in [1.54, 1.807) is 0 Å². The molecule has 2 heterocycles. The van der Waals surface area contributed by atoms with E-state index in [4.69, 9.17) is 16.3 Å². The number of ether oxygens (including phenoxy) is 1. The highest BCUT2D eigenvalue weighted by Gasteiger charge is 2.16. The van der Waals surface area contributed by atoms with Crippen LogP contribution in [0.3, 0.4) is 0 Å². The lowest BCUT2D eigenvalue weighted by Crippen LogP contribution is -2.28. The molecule has 1 saturated heterocycles. The summed E-state index contributed by atoms with van der Waals surface area (Å²) in [4.78, 5) is 18.6. The molecule has 0 atom stereocenters. The summed E-state index contributed by atoms with van der Waals surface area (Å²) in [6.45, 7) is 1.46. The van der Waals surface area contributed by atoms with E-state index in [-0.39, 0.29) is 11.2 Å². The molecule has 0 spiro atoms. The summed E-state index contributed by atoms with van der Waals surface area (Å²) in [7, 11) is 0. The van der Waals surface area contributed by atoms with Crippen LogP contribution in [-0.2, 0) is 4.74 Å². The first-order chi connectivity index (χ1) is 7.81. The monoisotopic (exact) mass is 241 g/mol. The Balaban J connectivity index is 2.13. The molecule has 1 fully saturated rings. The van der Waals surface area contributed by atoms with Crippen LogP contribution in [0.2, 0.25) is 5.15 Å². The van der Waals surface area contributed by atoms with E-state index in [0.29, 0.717) is 17.7 Å². The van der Waals surface area contributed by atoms with Gasteiger partial charge in [-0.2, -0.15) is 0 Å². The molecule has 1 N–H and O–H groups in total. The third-order valence-corrected chi connectivity index (χ3v) is 2.82. The molecule has 0 saturated carbocycles. The fourth-order valence-electron chi connectivity index (χ4n) is 1.63. The van der Waals surface area contributed by atoms with Gasteiger partial charge in [0, 0.05) is 19.3 Å². The van der Waals surface area contributed by atoms with Gasteiger partial charge in [-0.15, -0.1) is 0 Å². The van der Waals surface area contributed by atoms with Crippen molar-refractivity contribution in [3.8, 4) is 0 Å². The second-order valence-corrected chi connectivity index (χ2v) is 3.93. The van der Waals surface area contributed by atoms with Gasteiger partial charge in [0.1, 0.15) is 17.3 Å². The number of nitrogens with one attached hydrogen (secondary N) is 1. The van der Waals surface area contributed by atoms with Gasteiger partial charge in [-0.05, 0) is 12.8 Å². The van der Waals surface area contributed by atoms with Crippen molar-refractivity contribution in [1.82, 2.24) is 9.97 Å². The number of halogens is 1. The molecule has 0 bridgehead atoms. The molecule has 0 aliphatic carbocycles. The first kappa shape index (κ1) is 11.3. The average molecular weight is 242 g/mol. The van der Waals surface area contributed by atoms with Gasteiger partial charge in [0.25, 0.3) is 0 Å². The van der Waals surface area contributed by atoms with Crippen LogP contribution in [0.25, 0.3) is 0 Å². The summed E-state index contributed by atoms with van der Waals surface area (Å²) in [5.74, 6) is 0.502. The molecule has 0 amide bonds. The van der Waals surface area contributed by atoms with E-state index in [9.17, 15) is 4.79 Å². The third-order valence-electron chi connectivity index (χ3n) is 2.52. The minimum atomic E-state index is 0.180. The standard InChI is InChI=1S/C10H12ClN3O2/c11-9-8(5-15)10(13-6-12-9)14-7-1-3-16-4-2-7/h5-7H,1-4H2,(H,12,13,14). The third kappa shape index (κ3) is 2.48. The maximum atomic E-state index is 10.9. The number of aromatic nitrogens is 2. The molecule has 86 valence electrons. The maximum absolute atomic E-state index is 10.9. The molecule has 1 aromatic rings. The van der Waals surface area contributed by atoms with Gasteiger partial charge in [-0.3, -0.25) is 4.79 Å². The van der Waals surface area contributed by atoms with Crippen molar-refractivity contribution in [2.45, 2.75) is 18.9 Å². The predicted octanol–water partition coefficient (Wildman–Crippen LogP) is 1.53. The van der Waals surface area contributed by atoms with E-state index in [0.717, 1.165) is 26.1 Å². The maximum Gasteiger partial charge on any atom is 0.156 e. The molecule has 1 aliphatic heterocycles. The van der Waals surface area contributed by atoms with Crippen LogP contribution >= 0.6 is 11.6 Å². The fourth-order valence-corrected chi connectivity index (χ4v) is 1.81. The molecular formula is C10H12ClN3O2. The predicted molar refractivity (Wildman–Crippen MR) is 59.9 cm³/mol. The Bertz CT molecular complexity index is 380. The van der Waals surface area contributed by atoms with Crippen molar-refractivity contribution < 1.29 is 9.53 Å². The molecule has 2 rings (SSSR count). The number of rotatable bonds is 3. The summed E-state index contributed by atoms with van der Waals surface area (Å²) >= 11 is 5.80. The number of hydrogen-bond acceptors (Lipinski definition) is 5. The molecule has 16 heavy (non-hydrogen) atoms. The molecule has 6 heteroatoms. The minimum Gasteiger partial charge on any atom is -0.381 e. The number of carbonyl (C=O) groups is 1. The number of hydrogen-bond donors (Lipinski definition) is 1. The van der Waals surface area contributed by atoms with Crippen LogP contribution in [0.1, 0.15) is 23.2 Å². The van der Waals surface area contributed by atoms with Crippen LogP contribution in [0, 0.1) is 0 Å². The van der Waals surface area contributed by atoms with Crippen molar-refractivity contribution in [3.63, 3.8) is 0 Å². The van der Waals surface area contributed by atoms with Gasteiger partial charge in [0.05, 0.1) is 5.56 Å². The normalized spacial score (nSPS) is 17.1. The van der Waals surface area contributed by atoms with Gasteiger partial charge in [0.15, 0.2) is 6.29 Å². The highest BCUT2D eigenvalue weighted by molar-refractivity contribution is 6.32. The Morgan fingerprint density at radius 3 is 2.88 bits per heavy atom. The number of carbonyl (C=O) groups excluding carboxylic acids is 1. The molecule has 1 aromatic heterocycles. The first-order valence-electron chi connectivity index (χ1n) is 5.11. The molecular weight excluding hydrogens is 230 g/mol. The van der Waals surface area contributed by atoms with Crippen molar-refractivity contribution in [2.75, 3.05) is 18.5 Å². The second-order valence-electron chi connectivity index (χ2n) is 3.58. The van der Waals surface area contributed by atoms with Crippen LogP contribution < -0.4 is 5.32 Å². The van der Waals surface area contributed by atoms with Crippen LogP contribution in [0.15, 0.2) is 6.33 Å². The smallest absolute Gasteiger partial charge is 0.156 e. The Morgan fingerprint density at radius 2 is 2.19 bits per heavy atom. The average Bonchev–Trinajstić information content (AvgIpc) is 2.31. The van der Waals surface area contributed by atoms with Crippen LogP contribution in [0.5, 0.6) is 0 Å². The molecule has 0 radical (unpaired) electrons. The molecule has 0 unspecified atom stereocenters. The zero-order valence-corrected chi connectivity index (χ0v) is 9.41. The van der Waals surface area contributed by atoms with Gasteiger partial charge < -0.3 is 10.1 Å².